The maximum atomic E-state index is 13.6. The number of aliphatic carboxylic acids is 1. The van der Waals surface area contributed by atoms with Crippen LogP contribution in [-0.4, -0.2) is 103 Å². The van der Waals surface area contributed by atoms with Gasteiger partial charge in [-0.2, -0.15) is 0 Å². The molecule has 420 valence electrons. The number of H-pyrrole nitrogens is 2. The molecule has 9 N–H and O–H groups in total. The van der Waals surface area contributed by atoms with Crippen molar-refractivity contribution >= 4 is 57.4 Å². The number of esters is 1. The van der Waals surface area contributed by atoms with Crippen molar-refractivity contribution in [3.63, 3.8) is 0 Å². The number of unbranched alkanes of at least 4 members (excludes halogenated alkanes) is 6. The highest BCUT2D eigenvalue weighted by Gasteiger charge is 2.37. The van der Waals surface area contributed by atoms with Gasteiger partial charge in [0.25, 0.3) is 0 Å². The first-order chi connectivity index (χ1) is 38.5. The second kappa shape index (κ2) is 29.0. The summed E-state index contributed by atoms with van der Waals surface area (Å²) in [5.41, 5.74) is 11.3. The molecule has 9 rings (SSSR count). The van der Waals surface area contributed by atoms with E-state index < -0.39 is 24.0 Å². The van der Waals surface area contributed by atoms with Gasteiger partial charge in [0.05, 0.1) is 12.1 Å². The van der Waals surface area contributed by atoms with Crippen LogP contribution < -0.4 is 21.6 Å². The van der Waals surface area contributed by atoms with Gasteiger partial charge in [0.2, 0.25) is 23.6 Å². The molecule has 79 heavy (non-hydrogen) atoms. The summed E-state index contributed by atoms with van der Waals surface area (Å²) in [4.78, 5) is 85.7. The molecule has 2 aliphatic heterocycles. The lowest BCUT2D eigenvalue weighted by atomic mass is 9.96. The van der Waals surface area contributed by atoms with Crippen LogP contribution in [0.2, 0.25) is 0 Å². The van der Waals surface area contributed by atoms with Crippen molar-refractivity contribution in [2.24, 2.45) is 0 Å². The Balaban J connectivity index is 0.000000210. The highest BCUT2D eigenvalue weighted by molar-refractivity contribution is 5.88. The zero-order chi connectivity index (χ0) is 55.5. The molecule has 1 saturated carbocycles. The van der Waals surface area contributed by atoms with Crippen LogP contribution in [0.1, 0.15) is 161 Å². The Hall–Kier alpha value is -7.38. The van der Waals surface area contributed by atoms with Crippen LogP contribution in [0.25, 0.3) is 21.8 Å². The van der Waals surface area contributed by atoms with Crippen molar-refractivity contribution in [2.45, 2.75) is 146 Å². The molecule has 4 amide bonds. The Morgan fingerprint density at radius 2 is 0.937 bits per heavy atom. The van der Waals surface area contributed by atoms with E-state index >= 15 is 0 Å². The molecule has 4 heterocycles. The third-order valence-electron chi connectivity index (χ3n) is 15.7. The van der Waals surface area contributed by atoms with E-state index in [0.717, 1.165) is 104 Å². The minimum Gasteiger partial charge on any atom is -0.480 e. The van der Waals surface area contributed by atoms with E-state index in [4.69, 9.17) is 15.2 Å². The summed E-state index contributed by atoms with van der Waals surface area (Å²) in [6.45, 7) is 1.88. The van der Waals surface area contributed by atoms with Crippen molar-refractivity contribution in [1.82, 2.24) is 41.4 Å². The van der Waals surface area contributed by atoms with E-state index in [-0.39, 0.29) is 54.7 Å². The average molecular weight is 1080 g/mol. The first kappa shape index (κ1) is 57.8. The van der Waals surface area contributed by atoms with E-state index in [9.17, 15) is 33.9 Å². The molecule has 1 aliphatic carbocycles. The number of hydrogen-bond acceptors (Lipinski definition) is 11. The molecule has 0 spiro atoms. The van der Waals surface area contributed by atoms with E-state index in [2.05, 4.69) is 38.8 Å². The van der Waals surface area contributed by atoms with Gasteiger partial charge < -0.3 is 29.6 Å². The van der Waals surface area contributed by atoms with E-state index in [1.165, 1.54) is 16.5 Å². The molecule has 2 unspecified atom stereocenters. The molecule has 0 bridgehead atoms. The van der Waals surface area contributed by atoms with Gasteiger partial charge in [-0.1, -0.05) is 123 Å². The van der Waals surface area contributed by atoms with Gasteiger partial charge in [-0.05, 0) is 98.6 Å². The zero-order valence-corrected chi connectivity index (χ0v) is 44.9. The second-order valence-electron chi connectivity index (χ2n) is 20.9. The number of nitrogens with zero attached hydrogens (tertiary/aromatic N) is 2. The fourth-order valence-corrected chi connectivity index (χ4v) is 11.6. The Kier molecular flexibility index (Phi) is 21.2. The monoisotopic (exact) mass is 1080 g/mol. The van der Waals surface area contributed by atoms with Crippen LogP contribution in [-0.2, 0) is 46.3 Å². The maximum Gasteiger partial charge on any atom is 0.328 e. The number of fused-ring (bicyclic) bond motifs is 6. The van der Waals surface area contributed by atoms with Crippen molar-refractivity contribution in [3.8, 4) is 0 Å². The van der Waals surface area contributed by atoms with Gasteiger partial charge in [-0.15, -0.1) is 0 Å². The summed E-state index contributed by atoms with van der Waals surface area (Å²) < 4.78 is 5.94. The number of ether oxygens (including phenoxy) is 1. The minimum atomic E-state index is -0.966. The second-order valence-corrected chi connectivity index (χ2v) is 20.9. The summed E-state index contributed by atoms with van der Waals surface area (Å²) in [6.07, 6.45) is 12.8. The van der Waals surface area contributed by atoms with Gasteiger partial charge in [0.15, 0.2) is 0 Å². The highest BCUT2D eigenvalue weighted by Crippen LogP contribution is 2.37. The smallest absolute Gasteiger partial charge is 0.328 e. The number of benzene rings is 4. The SMILES string of the molecule is O=C(CCCCCCC(=O)N1CCc2c([nH]c3ccccc23)C1CN[C@H](C(=O)O)c1ccccc1)NO.O=C(CCCCCCC(=O)N1CCc2c([nH]c3ccccc23)C1CN[C@H](C(=O)OC1CCCC1)c1ccccc1)NO. The molecule has 1 fully saturated rings. The molecule has 18 nitrogen and oxygen atoms in total. The number of carboxylic acids is 1. The number of para-hydroxylation sites is 2. The van der Waals surface area contributed by atoms with Gasteiger partial charge in [-0.25, -0.2) is 15.8 Å². The first-order valence-electron chi connectivity index (χ1n) is 28.2. The van der Waals surface area contributed by atoms with Crippen molar-refractivity contribution in [2.75, 3.05) is 26.2 Å². The molecule has 18 heteroatoms. The van der Waals surface area contributed by atoms with Crippen LogP contribution in [0, 0.1) is 0 Å². The summed E-state index contributed by atoms with van der Waals surface area (Å²) in [5.74, 6) is -1.89. The topological polar surface area (TPSA) is 259 Å². The molecule has 0 radical (unpaired) electrons. The molecule has 4 aromatic carbocycles. The standard InChI is InChI=1S/C33H42N4O5.C28H34N4O5/c38-29(36-41)18-6-1-2-7-19-30(39)37-21-20-26-25-16-10-11-17-27(25)35-32(26)28(37)22-34-31(23-12-4-3-5-13-23)33(40)42-24-14-8-9-15-24;33-24(31-37)14-6-1-2-7-15-25(34)32-17-16-21-20-12-8-9-13-22(20)30-27(21)23(32)18-29-26(28(35)36)19-10-4-3-5-11-19/h3-5,10-13,16-17,24,28,31,34-35,41H,1-2,6-9,14-15,18-22H2,(H,36,38);3-5,8-13,23,26,29-30,37H,1-2,6-7,14-18H2,(H,31,33)(H,35,36)/t28?,31-;23?,26-/m00/s1. The lowest BCUT2D eigenvalue weighted by Gasteiger charge is -2.37. The molecule has 0 saturated heterocycles. The van der Waals surface area contributed by atoms with E-state index in [1.807, 2.05) is 88.7 Å². The lowest BCUT2D eigenvalue weighted by Crippen LogP contribution is -2.45. The summed E-state index contributed by atoms with van der Waals surface area (Å²) in [5, 5.41) is 36.1. The number of amides is 4. The van der Waals surface area contributed by atoms with Gasteiger partial charge in [0, 0.05) is 85.1 Å². The number of hydroxylamine groups is 2. The zero-order valence-electron chi connectivity index (χ0n) is 44.9. The predicted octanol–water partition coefficient (Wildman–Crippen LogP) is 9.11. The number of aromatic nitrogens is 2. The van der Waals surface area contributed by atoms with E-state index in [1.54, 1.807) is 23.1 Å². The molecular formula is C61H76N8O10. The quantitative estimate of drug-likeness (QED) is 0.0113. The number of carbonyl (C=O) groups excluding carboxylic acids is 5. The highest BCUT2D eigenvalue weighted by atomic mass is 16.5. The van der Waals surface area contributed by atoms with Gasteiger partial charge >= 0.3 is 11.9 Å². The minimum absolute atomic E-state index is 0.0309. The fraction of sp³-hybridized carbons (Fsp3) is 0.443. The van der Waals surface area contributed by atoms with E-state index in [0.29, 0.717) is 63.8 Å². The largest absolute Gasteiger partial charge is 0.480 e. The predicted molar refractivity (Wildman–Crippen MR) is 299 cm³/mol. The lowest BCUT2D eigenvalue weighted by molar-refractivity contribution is -0.151. The molecule has 6 aromatic rings. The first-order valence-corrected chi connectivity index (χ1v) is 28.2. The van der Waals surface area contributed by atoms with Crippen LogP contribution in [0.5, 0.6) is 0 Å². The van der Waals surface area contributed by atoms with Gasteiger partial charge in [0.1, 0.15) is 18.2 Å². The maximum absolute atomic E-state index is 13.6. The molecular weight excluding hydrogens is 1000 g/mol. The molecule has 2 aromatic heterocycles. The third-order valence-corrected chi connectivity index (χ3v) is 15.7. The number of rotatable bonds is 25. The number of hydrogen-bond donors (Lipinski definition) is 9. The van der Waals surface area contributed by atoms with Crippen LogP contribution in [0.15, 0.2) is 109 Å². The van der Waals surface area contributed by atoms with Crippen molar-refractivity contribution < 1.29 is 49.0 Å². The number of carboxylic acid groups (broad SMARTS) is 1. The average Bonchev–Trinajstić information content (AvgIpc) is 4.46. The van der Waals surface area contributed by atoms with Gasteiger partial charge in [-0.3, -0.25) is 45.0 Å². The van der Waals surface area contributed by atoms with Crippen molar-refractivity contribution in [1.29, 1.82) is 0 Å². The summed E-state index contributed by atoms with van der Waals surface area (Å²) in [7, 11) is 0. The Morgan fingerprint density at radius 3 is 1.38 bits per heavy atom. The molecule has 3 aliphatic rings. The fourth-order valence-electron chi connectivity index (χ4n) is 11.6. The van der Waals surface area contributed by atoms with Crippen molar-refractivity contribution in [3.05, 3.63) is 143 Å². The molecule has 4 atom stereocenters. The van der Waals surface area contributed by atoms with Crippen LogP contribution >= 0.6 is 0 Å². The summed E-state index contributed by atoms with van der Waals surface area (Å²) >= 11 is 0. The Bertz CT molecular complexity index is 2980. The van der Waals surface area contributed by atoms with Crippen LogP contribution in [0.4, 0.5) is 0 Å². The number of aromatic amines is 2. The Morgan fingerprint density at radius 1 is 0.532 bits per heavy atom. The third kappa shape index (κ3) is 15.3. The Labute approximate surface area is 461 Å². The normalized spacial score (nSPS) is 16.8. The summed E-state index contributed by atoms with van der Waals surface area (Å²) in [6, 6.07) is 32.9. The number of carbonyl (C=O) groups is 6. The van der Waals surface area contributed by atoms with Crippen LogP contribution in [0.3, 0.4) is 0 Å². The number of nitrogens with one attached hydrogen (secondary N) is 6.